The lowest BCUT2D eigenvalue weighted by Gasteiger charge is -2.27. The van der Waals surface area contributed by atoms with Crippen LogP contribution in [0.2, 0.25) is 0 Å². The van der Waals surface area contributed by atoms with Gasteiger partial charge in [0.1, 0.15) is 6.54 Å². The van der Waals surface area contributed by atoms with Crippen molar-refractivity contribution in [1.82, 2.24) is 20.9 Å². The maximum atomic E-state index is 11.9. The van der Waals surface area contributed by atoms with E-state index in [1.807, 2.05) is 39.0 Å². The summed E-state index contributed by atoms with van der Waals surface area (Å²) >= 11 is 1.87. The summed E-state index contributed by atoms with van der Waals surface area (Å²) < 4.78 is 0. The third-order valence-corrected chi connectivity index (χ3v) is 4.87. The van der Waals surface area contributed by atoms with Crippen LogP contribution >= 0.6 is 35.3 Å². The number of guanidine groups is 1. The SMILES string of the molecule is CCNC(=NCC(=O)NC(C)(C)C)NCCN1CCc2sccc2C1.I. The quantitative estimate of drug-likeness (QED) is 0.323. The average Bonchev–Trinajstić information content (AvgIpc) is 2.98. The highest BCUT2D eigenvalue weighted by molar-refractivity contribution is 14.0. The smallest absolute Gasteiger partial charge is 0.242 e. The lowest BCUT2D eigenvalue weighted by atomic mass is 10.1. The number of fused-ring (bicyclic) bond motifs is 1. The zero-order chi connectivity index (χ0) is 18.3. The number of hydrogen-bond acceptors (Lipinski definition) is 4. The van der Waals surface area contributed by atoms with Crippen molar-refractivity contribution in [2.24, 2.45) is 4.99 Å². The van der Waals surface area contributed by atoms with E-state index in [-0.39, 0.29) is 42.0 Å². The Morgan fingerprint density at radius 1 is 1.35 bits per heavy atom. The number of carbonyl (C=O) groups excluding carboxylic acids is 1. The Balaban J connectivity index is 0.00000338. The summed E-state index contributed by atoms with van der Waals surface area (Å²) in [5, 5.41) is 11.6. The normalized spacial score (nSPS) is 15.0. The highest BCUT2D eigenvalue weighted by atomic mass is 127. The van der Waals surface area contributed by atoms with Gasteiger partial charge in [0.2, 0.25) is 5.91 Å². The van der Waals surface area contributed by atoms with Crippen LogP contribution < -0.4 is 16.0 Å². The van der Waals surface area contributed by atoms with E-state index in [1.165, 1.54) is 10.4 Å². The van der Waals surface area contributed by atoms with Crippen LogP contribution in [0, 0.1) is 0 Å². The van der Waals surface area contributed by atoms with Crippen LogP contribution in [0.1, 0.15) is 38.1 Å². The molecular weight excluding hydrogens is 461 g/mol. The van der Waals surface area contributed by atoms with Gasteiger partial charge in [0.05, 0.1) is 0 Å². The molecule has 1 aromatic rings. The van der Waals surface area contributed by atoms with Crippen molar-refractivity contribution < 1.29 is 4.79 Å². The fourth-order valence-corrected chi connectivity index (χ4v) is 3.67. The Morgan fingerprint density at radius 3 is 2.81 bits per heavy atom. The maximum Gasteiger partial charge on any atom is 0.242 e. The molecule has 0 fully saturated rings. The van der Waals surface area contributed by atoms with E-state index in [4.69, 9.17) is 0 Å². The molecule has 1 aliphatic rings. The van der Waals surface area contributed by atoms with E-state index in [9.17, 15) is 4.79 Å². The van der Waals surface area contributed by atoms with Crippen LogP contribution in [0.3, 0.4) is 0 Å². The lowest BCUT2D eigenvalue weighted by Crippen LogP contribution is -2.44. The fourth-order valence-electron chi connectivity index (χ4n) is 2.78. The monoisotopic (exact) mass is 493 g/mol. The van der Waals surface area contributed by atoms with Gasteiger partial charge in [0.15, 0.2) is 5.96 Å². The van der Waals surface area contributed by atoms with Crippen LogP contribution in [0.5, 0.6) is 0 Å². The molecule has 2 rings (SSSR count). The van der Waals surface area contributed by atoms with E-state index in [1.54, 1.807) is 0 Å². The number of carbonyl (C=O) groups is 1. The molecule has 26 heavy (non-hydrogen) atoms. The van der Waals surface area contributed by atoms with Crippen molar-refractivity contribution in [1.29, 1.82) is 0 Å². The van der Waals surface area contributed by atoms with E-state index >= 15 is 0 Å². The molecule has 0 atom stereocenters. The lowest BCUT2D eigenvalue weighted by molar-refractivity contribution is -0.121. The van der Waals surface area contributed by atoms with Gasteiger partial charge in [0.25, 0.3) is 0 Å². The molecule has 0 aliphatic carbocycles. The third kappa shape index (κ3) is 8.22. The van der Waals surface area contributed by atoms with Gasteiger partial charge in [-0.3, -0.25) is 9.69 Å². The van der Waals surface area contributed by atoms with Crippen molar-refractivity contribution >= 4 is 47.2 Å². The highest BCUT2D eigenvalue weighted by Gasteiger charge is 2.17. The molecule has 0 spiro atoms. The number of aliphatic imine (C=N–C) groups is 1. The summed E-state index contributed by atoms with van der Waals surface area (Å²) in [5.41, 5.74) is 1.24. The van der Waals surface area contributed by atoms with Crippen molar-refractivity contribution in [3.63, 3.8) is 0 Å². The number of thiophene rings is 1. The van der Waals surface area contributed by atoms with Gasteiger partial charge in [-0.25, -0.2) is 4.99 Å². The van der Waals surface area contributed by atoms with E-state index in [0.29, 0.717) is 5.96 Å². The first-order chi connectivity index (χ1) is 11.9. The van der Waals surface area contributed by atoms with Crippen molar-refractivity contribution in [2.75, 3.05) is 32.7 Å². The number of halogens is 1. The maximum absolute atomic E-state index is 11.9. The summed E-state index contributed by atoms with van der Waals surface area (Å²) in [6.07, 6.45) is 1.15. The predicted octanol–water partition coefficient (Wildman–Crippen LogP) is 2.19. The minimum atomic E-state index is -0.229. The number of rotatable bonds is 6. The second kappa shape index (κ2) is 11.1. The zero-order valence-corrected chi connectivity index (χ0v) is 19.4. The standard InChI is InChI=1S/C18H31N5OS.HI/c1-5-19-17(21-12-16(24)22-18(2,3)4)20-8-10-23-9-6-15-14(13-23)7-11-25-15;/h7,11H,5-6,8-10,12-13H2,1-4H3,(H,22,24)(H2,19,20,21);1H. The largest absolute Gasteiger partial charge is 0.357 e. The molecule has 0 saturated carbocycles. The molecule has 3 N–H and O–H groups in total. The van der Waals surface area contributed by atoms with Crippen LogP contribution in [-0.2, 0) is 17.8 Å². The van der Waals surface area contributed by atoms with E-state index in [0.717, 1.165) is 39.1 Å². The zero-order valence-electron chi connectivity index (χ0n) is 16.2. The molecule has 148 valence electrons. The number of hydrogen-bond donors (Lipinski definition) is 3. The molecule has 8 heteroatoms. The molecule has 0 aromatic carbocycles. The molecular formula is C18H32IN5OS. The number of amides is 1. The first-order valence-electron chi connectivity index (χ1n) is 8.98. The fraction of sp³-hybridized carbons (Fsp3) is 0.667. The Hall–Kier alpha value is -0.870. The molecule has 1 amide bonds. The summed E-state index contributed by atoms with van der Waals surface area (Å²) in [6.45, 7) is 12.7. The summed E-state index contributed by atoms with van der Waals surface area (Å²) in [5.74, 6) is 0.630. The average molecular weight is 493 g/mol. The Kier molecular flexibility index (Phi) is 9.88. The molecule has 0 radical (unpaired) electrons. The van der Waals surface area contributed by atoms with Gasteiger partial charge >= 0.3 is 0 Å². The molecule has 6 nitrogen and oxygen atoms in total. The predicted molar refractivity (Wildman–Crippen MR) is 121 cm³/mol. The molecule has 2 heterocycles. The Morgan fingerprint density at radius 2 is 2.12 bits per heavy atom. The van der Waals surface area contributed by atoms with Crippen LogP contribution in [0.25, 0.3) is 0 Å². The highest BCUT2D eigenvalue weighted by Crippen LogP contribution is 2.23. The first kappa shape index (κ1) is 23.2. The minimum Gasteiger partial charge on any atom is -0.357 e. The second-order valence-corrected chi connectivity index (χ2v) is 8.32. The van der Waals surface area contributed by atoms with Gasteiger partial charge in [-0.2, -0.15) is 0 Å². The van der Waals surface area contributed by atoms with E-state index < -0.39 is 0 Å². The second-order valence-electron chi connectivity index (χ2n) is 7.32. The van der Waals surface area contributed by atoms with Gasteiger partial charge < -0.3 is 16.0 Å². The molecule has 1 aliphatic heterocycles. The van der Waals surface area contributed by atoms with Gasteiger partial charge in [0, 0.05) is 43.1 Å². The summed E-state index contributed by atoms with van der Waals surface area (Å²) in [4.78, 5) is 20.3. The molecule has 0 bridgehead atoms. The number of nitrogens with one attached hydrogen (secondary N) is 3. The van der Waals surface area contributed by atoms with Gasteiger partial charge in [-0.05, 0) is 51.1 Å². The summed E-state index contributed by atoms with van der Waals surface area (Å²) in [6, 6.07) is 2.24. The van der Waals surface area contributed by atoms with Crippen LogP contribution in [0.15, 0.2) is 16.4 Å². The molecule has 1 aromatic heterocycles. The minimum absolute atomic E-state index is 0. The first-order valence-corrected chi connectivity index (χ1v) is 9.86. The Labute approximate surface area is 178 Å². The molecule has 0 unspecified atom stereocenters. The molecule has 0 saturated heterocycles. The summed E-state index contributed by atoms with van der Waals surface area (Å²) in [7, 11) is 0. The van der Waals surface area contributed by atoms with Gasteiger partial charge in [-0.15, -0.1) is 35.3 Å². The Bertz CT molecular complexity index is 597. The van der Waals surface area contributed by atoms with Gasteiger partial charge in [-0.1, -0.05) is 0 Å². The third-order valence-electron chi connectivity index (χ3n) is 3.85. The van der Waals surface area contributed by atoms with Crippen LogP contribution in [-0.4, -0.2) is 55.0 Å². The number of nitrogens with zero attached hydrogens (tertiary/aromatic N) is 2. The van der Waals surface area contributed by atoms with Crippen molar-refractivity contribution in [2.45, 2.75) is 46.2 Å². The van der Waals surface area contributed by atoms with E-state index in [2.05, 4.69) is 37.3 Å². The van der Waals surface area contributed by atoms with Crippen molar-refractivity contribution in [3.05, 3.63) is 21.9 Å². The van der Waals surface area contributed by atoms with Crippen molar-refractivity contribution in [3.8, 4) is 0 Å². The topological polar surface area (TPSA) is 68.8 Å². The van der Waals surface area contributed by atoms with Crippen LogP contribution in [0.4, 0.5) is 0 Å².